The molecule has 0 nitrogen and oxygen atoms in total. The zero-order valence-electron chi connectivity index (χ0n) is 16.9. The average Bonchev–Trinajstić information content (AvgIpc) is 3.12. The Morgan fingerprint density at radius 1 is 0.643 bits per heavy atom. The van der Waals surface area contributed by atoms with Gasteiger partial charge in [-0.2, -0.15) is 0 Å². The van der Waals surface area contributed by atoms with Gasteiger partial charge in [0.25, 0.3) is 0 Å². The minimum atomic E-state index is -0.121. The summed E-state index contributed by atoms with van der Waals surface area (Å²) in [6.45, 7) is 8.95. The summed E-state index contributed by atoms with van der Waals surface area (Å²) in [5, 5.41) is 0. The van der Waals surface area contributed by atoms with Gasteiger partial charge in [-0.1, -0.05) is 0 Å². The molecule has 5 rings (SSSR count). The van der Waals surface area contributed by atoms with Crippen molar-refractivity contribution in [2.75, 3.05) is 0 Å². The molecule has 2 aliphatic carbocycles. The van der Waals surface area contributed by atoms with Crippen molar-refractivity contribution in [2.45, 2.75) is 33.1 Å². The van der Waals surface area contributed by atoms with E-state index >= 15 is 0 Å². The Balaban J connectivity index is 1.87. The molecule has 0 bridgehead atoms. The van der Waals surface area contributed by atoms with E-state index in [0.29, 0.717) is 0 Å². The maximum atomic E-state index is 2.55. The molecular weight excluding hydrogens is 531 g/mol. The Bertz CT molecular complexity index is 1190. The van der Waals surface area contributed by atoms with Gasteiger partial charge >= 0.3 is 184 Å². The number of benzene rings is 3. The van der Waals surface area contributed by atoms with Crippen molar-refractivity contribution in [2.24, 2.45) is 0 Å². The zero-order valence-corrected chi connectivity index (χ0v) is 20.7. The van der Waals surface area contributed by atoms with Crippen LogP contribution in [0.2, 0.25) is 0 Å². The van der Waals surface area contributed by atoms with Gasteiger partial charge in [0, 0.05) is 0 Å². The van der Waals surface area contributed by atoms with E-state index in [1.807, 2.05) is 0 Å². The predicted octanol–water partition coefficient (Wildman–Crippen LogP) is 6.17. The first-order chi connectivity index (χ1) is 13.4. The SMILES string of the molecule is Cc1cc2c(cc1C)C1(C=[C]2[Pb])C=C(c2ccccc2)c2cc(C)c(C)cc21. The van der Waals surface area contributed by atoms with Gasteiger partial charge in [-0.15, -0.1) is 0 Å². The minimum absolute atomic E-state index is 0.121. The maximum absolute atomic E-state index is 2.55. The molecule has 0 aromatic heterocycles. The second kappa shape index (κ2) is 6.28. The molecule has 2 aliphatic rings. The third-order valence-electron chi connectivity index (χ3n) is 6.57. The standard InChI is InChI=1S/C27H23.Pb/c1-17-12-22-10-11-27(25(22)14-19(17)3)16-24(21-8-6-5-7-9-21)23-13-18(2)20(4)15-26(23)27;/h5-9,11-16H,1-4H3;. The Morgan fingerprint density at radius 3 is 1.82 bits per heavy atom. The van der Waals surface area contributed by atoms with Gasteiger partial charge in [-0.25, -0.2) is 0 Å². The van der Waals surface area contributed by atoms with E-state index in [1.54, 1.807) is 0 Å². The van der Waals surface area contributed by atoms with Crippen LogP contribution in [0, 0.1) is 27.7 Å². The quantitative estimate of drug-likeness (QED) is 0.316. The van der Waals surface area contributed by atoms with Gasteiger partial charge in [0.15, 0.2) is 0 Å². The van der Waals surface area contributed by atoms with Crippen molar-refractivity contribution in [1.29, 1.82) is 0 Å². The molecule has 0 saturated heterocycles. The molecule has 0 aliphatic heterocycles. The van der Waals surface area contributed by atoms with Gasteiger partial charge in [-0.05, 0) is 0 Å². The molecule has 3 aromatic carbocycles. The van der Waals surface area contributed by atoms with Crippen LogP contribution in [-0.4, -0.2) is 25.8 Å². The van der Waals surface area contributed by atoms with E-state index in [1.165, 1.54) is 58.8 Å². The third kappa shape index (κ3) is 2.46. The van der Waals surface area contributed by atoms with Crippen LogP contribution in [-0.2, 0) is 5.41 Å². The summed E-state index contributed by atoms with van der Waals surface area (Å²) in [7, 11) is 0. The summed E-state index contributed by atoms with van der Waals surface area (Å²) >= 11 is 1.07. The Kier molecular flexibility index (Phi) is 4.06. The molecule has 135 valence electrons. The van der Waals surface area contributed by atoms with Crippen LogP contribution >= 0.6 is 0 Å². The number of allylic oxidation sites excluding steroid dienone is 2. The van der Waals surface area contributed by atoms with Crippen molar-refractivity contribution >= 4 is 34.5 Å². The second-order valence-electron chi connectivity index (χ2n) is 8.32. The van der Waals surface area contributed by atoms with Crippen molar-refractivity contribution in [3.8, 4) is 0 Å². The summed E-state index contributed by atoms with van der Waals surface area (Å²) in [4.78, 5) is 0. The molecule has 3 aromatic rings. The van der Waals surface area contributed by atoms with Gasteiger partial charge in [0.1, 0.15) is 0 Å². The van der Waals surface area contributed by atoms with Gasteiger partial charge in [-0.3, -0.25) is 0 Å². The Morgan fingerprint density at radius 2 is 1.18 bits per heavy atom. The average molecular weight is 555 g/mol. The first-order valence-corrected chi connectivity index (χ1v) is 11.8. The fraction of sp³-hybridized carbons (Fsp3) is 0.185. The number of aryl methyl sites for hydroxylation is 4. The van der Waals surface area contributed by atoms with E-state index in [4.69, 9.17) is 0 Å². The molecule has 1 spiro atoms. The van der Waals surface area contributed by atoms with Crippen molar-refractivity contribution in [3.05, 3.63) is 117 Å². The van der Waals surface area contributed by atoms with Crippen LogP contribution in [0.15, 0.2) is 66.7 Å². The summed E-state index contributed by atoms with van der Waals surface area (Å²) in [5.74, 6) is 0. The molecule has 3 radical (unpaired) electrons. The normalized spacial score (nSPS) is 19.5. The van der Waals surface area contributed by atoms with Gasteiger partial charge in [0.05, 0.1) is 0 Å². The van der Waals surface area contributed by atoms with Gasteiger partial charge < -0.3 is 0 Å². The van der Waals surface area contributed by atoms with Crippen LogP contribution in [0.1, 0.15) is 50.1 Å². The summed E-state index contributed by atoms with van der Waals surface area (Å²) in [5.41, 5.74) is 13.9. The first kappa shape index (κ1) is 18.1. The van der Waals surface area contributed by atoms with Crippen LogP contribution in [0.3, 0.4) is 0 Å². The van der Waals surface area contributed by atoms with Crippen molar-refractivity contribution in [1.82, 2.24) is 0 Å². The molecule has 28 heavy (non-hydrogen) atoms. The number of rotatable bonds is 1. The van der Waals surface area contributed by atoms with Gasteiger partial charge in [0.2, 0.25) is 0 Å². The molecule has 0 amide bonds. The number of hydrogen-bond donors (Lipinski definition) is 0. The van der Waals surface area contributed by atoms with E-state index in [9.17, 15) is 0 Å². The number of fused-ring (bicyclic) bond motifs is 4. The fourth-order valence-corrected chi connectivity index (χ4v) is 6.42. The van der Waals surface area contributed by atoms with Crippen LogP contribution in [0.25, 0.3) is 8.71 Å². The molecular formula is C27H23Pb. The van der Waals surface area contributed by atoms with E-state index in [0.717, 1.165) is 25.8 Å². The molecule has 1 atom stereocenters. The van der Waals surface area contributed by atoms with E-state index in [-0.39, 0.29) is 5.41 Å². The van der Waals surface area contributed by atoms with E-state index in [2.05, 4.69) is 94.4 Å². The predicted molar refractivity (Wildman–Crippen MR) is 120 cm³/mol. The summed E-state index contributed by atoms with van der Waals surface area (Å²) in [6, 6.07) is 20.6. The van der Waals surface area contributed by atoms with Crippen molar-refractivity contribution < 1.29 is 0 Å². The first-order valence-electron chi connectivity index (χ1n) is 9.87. The van der Waals surface area contributed by atoms with Crippen LogP contribution < -0.4 is 0 Å². The fourth-order valence-electron chi connectivity index (χ4n) is 4.73. The van der Waals surface area contributed by atoms with E-state index < -0.39 is 0 Å². The van der Waals surface area contributed by atoms with Crippen LogP contribution in [0.4, 0.5) is 0 Å². The van der Waals surface area contributed by atoms with Crippen molar-refractivity contribution in [3.63, 3.8) is 0 Å². The third-order valence-corrected chi connectivity index (χ3v) is 8.18. The molecule has 0 heterocycles. The molecule has 0 fully saturated rings. The summed E-state index contributed by atoms with van der Waals surface area (Å²) in [6.07, 6.45) is 5.08. The molecule has 1 heteroatoms. The Hall–Kier alpha value is -1.94. The van der Waals surface area contributed by atoms with Crippen LogP contribution in [0.5, 0.6) is 0 Å². The molecule has 1 unspecified atom stereocenters. The number of hydrogen-bond acceptors (Lipinski definition) is 0. The molecule has 0 N–H and O–H groups in total. The monoisotopic (exact) mass is 555 g/mol. The topological polar surface area (TPSA) is 0 Å². The molecule has 0 saturated carbocycles. The summed E-state index contributed by atoms with van der Waals surface area (Å²) < 4.78 is 1.52. The second-order valence-corrected chi connectivity index (χ2v) is 10.4. The zero-order chi connectivity index (χ0) is 19.6. The Labute approximate surface area is 183 Å².